The minimum Gasteiger partial charge on any atom is -0.502 e. The van der Waals surface area contributed by atoms with Crippen molar-refractivity contribution in [2.24, 2.45) is 0 Å². The van der Waals surface area contributed by atoms with Gasteiger partial charge in [0.1, 0.15) is 0 Å². The average molecular weight is 212 g/mol. The van der Waals surface area contributed by atoms with Gasteiger partial charge in [-0.05, 0) is 17.7 Å². The average Bonchev–Trinajstić information content (AvgIpc) is 2.27. The van der Waals surface area contributed by atoms with E-state index in [0.29, 0.717) is 11.5 Å². The number of aromatic hydroxyl groups is 1. The van der Waals surface area contributed by atoms with Crippen molar-refractivity contribution in [3.05, 3.63) is 17.7 Å². The largest absolute Gasteiger partial charge is 0.502 e. The molecule has 0 aliphatic rings. The maximum atomic E-state index is 9.68. The highest BCUT2D eigenvalue weighted by atomic mass is 16.5. The SMILES string of the molecule is C[NH2+]CCc1cc(OC)c(O)c(OC)c1. The van der Waals surface area contributed by atoms with E-state index in [1.165, 1.54) is 14.2 Å². The molecule has 0 amide bonds. The maximum Gasteiger partial charge on any atom is 0.200 e. The molecule has 1 aromatic carbocycles. The van der Waals surface area contributed by atoms with Crippen molar-refractivity contribution in [3.63, 3.8) is 0 Å². The lowest BCUT2D eigenvalue weighted by Gasteiger charge is -2.10. The molecule has 4 nitrogen and oxygen atoms in total. The fourth-order valence-electron chi connectivity index (χ4n) is 1.40. The molecule has 3 N–H and O–H groups in total. The molecule has 0 fully saturated rings. The molecule has 0 saturated carbocycles. The highest BCUT2D eigenvalue weighted by molar-refractivity contribution is 5.52. The second-order valence-electron chi connectivity index (χ2n) is 3.30. The molecule has 0 spiro atoms. The molecule has 1 rings (SSSR count). The number of hydrogen-bond acceptors (Lipinski definition) is 3. The number of methoxy groups -OCH3 is 2. The van der Waals surface area contributed by atoms with Gasteiger partial charge in [0.05, 0.1) is 27.8 Å². The quantitative estimate of drug-likeness (QED) is 0.730. The number of likely N-dealkylation sites (N-methyl/N-ethyl adjacent to an activating group) is 1. The maximum absolute atomic E-state index is 9.68. The number of phenolic OH excluding ortho intramolecular Hbond substituents is 1. The Morgan fingerprint density at radius 3 is 2.13 bits per heavy atom. The van der Waals surface area contributed by atoms with E-state index in [2.05, 4.69) is 5.32 Å². The Morgan fingerprint density at radius 1 is 1.20 bits per heavy atom. The molecule has 0 atom stereocenters. The predicted octanol–water partition coefficient (Wildman–Crippen LogP) is 0.145. The van der Waals surface area contributed by atoms with Crippen LogP contribution in [0.4, 0.5) is 0 Å². The predicted molar refractivity (Wildman–Crippen MR) is 57.6 cm³/mol. The molecule has 4 heteroatoms. The summed E-state index contributed by atoms with van der Waals surface area (Å²) >= 11 is 0. The van der Waals surface area contributed by atoms with E-state index >= 15 is 0 Å². The van der Waals surface area contributed by atoms with E-state index in [9.17, 15) is 5.11 Å². The van der Waals surface area contributed by atoms with Crippen LogP contribution in [-0.4, -0.2) is 32.9 Å². The molecule has 15 heavy (non-hydrogen) atoms. The van der Waals surface area contributed by atoms with Crippen LogP contribution in [-0.2, 0) is 6.42 Å². The lowest BCUT2D eigenvalue weighted by atomic mass is 10.1. The van der Waals surface area contributed by atoms with Gasteiger partial charge < -0.3 is 19.9 Å². The molecule has 0 saturated heterocycles. The van der Waals surface area contributed by atoms with Crippen LogP contribution in [0.5, 0.6) is 17.2 Å². The third-order valence-electron chi connectivity index (χ3n) is 2.26. The Balaban J connectivity index is 2.98. The monoisotopic (exact) mass is 212 g/mol. The summed E-state index contributed by atoms with van der Waals surface area (Å²) in [5, 5.41) is 11.8. The Labute approximate surface area is 89.8 Å². The molecule has 0 aromatic heterocycles. The molecule has 0 radical (unpaired) electrons. The van der Waals surface area contributed by atoms with E-state index in [1.807, 2.05) is 19.2 Å². The van der Waals surface area contributed by atoms with Gasteiger partial charge in [0.25, 0.3) is 0 Å². The van der Waals surface area contributed by atoms with Gasteiger partial charge in [0.15, 0.2) is 11.5 Å². The summed E-state index contributed by atoms with van der Waals surface area (Å²) in [5.41, 5.74) is 1.10. The third-order valence-corrected chi connectivity index (χ3v) is 2.26. The molecule has 0 bridgehead atoms. The van der Waals surface area contributed by atoms with Crippen LogP contribution in [0.25, 0.3) is 0 Å². The molecule has 0 heterocycles. The summed E-state index contributed by atoms with van der Waals surface area (Å²) in [7, 11) is 5.09. The second-order valence-corrected chi connectivity index (χ2v) is 3.30. The zero-order chi connectivity index (χ0) is 11.3. The molecule has 1 aromatic rings. The van der Waals surface area contributed by atoms with E-state index in [0.717, 1.165) is 18.5 Å². The summed E-state index contributed by atoms with van der Waals surface area (Å²) in [6.07, 6.45) is 0.920. The molecule has 84 valence electrons. The van der Waals surface area contributed by atoms with Crippen molar-refractivity contribution in [2.75, 3.05) is 27.8 Å². The van der Waals surface area contributed by atoms with Gasteiger partial charge in [-0.15, -0.1) is 0 Å². The van der Waals surface area contributed by atoms with Gasteiger partial charge >= 0.3 is 0 Å². The summed E-state index contributed by atoms with van der Waals surface area (Å²) in [6, 6.07) is 3.67. The van der Waals surface area contributed by atoms with Crippen LogP contribution in [0, 0.1) is 0 Å². The van der Waals surface area contributed by atoms with Crippen LogP contribution in [0.3, 0.4) is 0 Å². The van der Waals surface area contributed by atoms with Crippen LogP contribution in [0.2, 0.25) is 0 Å². The van der Waals surface area contributed by atoms with Gasteiger partial charge in [-0.2, -0.15) is 0 Å². The van der Waals surface area contributed by atoms with Gasteiger partial charge in [0.2, 0.25) is 5.75 Å². The van der Waals surface area contributed by atoms with E-state index in [1.54, 1.807) is 0 Å². The topological polar surface area (TPSA) is 55.3 Å². The number of phenols is 1. The number of ether oxygens (including phenoxy) is 2. The van der Waals surface area contributed by atoms with E-state index in [4.69, 9.17) is 9.47 Å². The van der Waals surface area contributed by atoms with Crippen molar-refractivity contribution in [2.45, 2.75) is 6.42 Å². The van der Waals surface area contributed by atoms with Crippen LogP contribution in [0.15, 0.2) is 12.1 Å². The summed E-state index contributed by atoms with van der Waals surface area (Å²) in [4.78, 5) is 0. The van der Waals surface area contributed by atoms with E-state index < -0.39 is 0 Å². The van der Waals surface area contributed by atoms with Gasteiger partial charge in [-0.1, -0.05) is 0 Å². The van der Waals surface area contributed by atoms with Gasteiger partial charge in [-0.3, -0.25) is 0 Å². The molecular formula is C11H18NO3+. The fraction of sp³-hybridized carbons (Fsp3) is 0.455. The Bertz CT molecular complexity index is 301. The standard InChI is InChI=1S/C11H17NO3/c1-12-5-4-8-6-9(14-2)11(13)10(7-8)15-3/h6-7,12-13H,4-5H2,1-3H3/p+1. The lowest BCUT2D eigenvalue weighted by Crippen LogP contribution is -2.80. The van der Waals surface area contributed by atoms with Gasteiger partial charge in [-0.25, -0.2) is 0 Å². The number of rotatable bonds is 5. The van der Waals surface area contributed by atoms with Crippen LogP contribution < -0.4 is 14.8 Å². The van der Waals surface area contributed by atoms with Crippen molar-refractivity contribution in [1.29, 1.82) is 0 Å². The van der Waals surface area contributed by atoms with Gasteiger partial charge in [0, 0.05) is 6.42 Å². The minimum absolute atomic E-state index is 0.0595. The molecular weight excluding hydrogens is 194 g/mol. The molecule has 0 aliphatic carbocycles. The van der Waals surface area contributed by atoms with Crippen molar-refractivity contribution in [1.82, 2.24) is 0 Å². The Hall–Kier alpha value is -1.42. The third kappa shape index (κ3) is 2.76. The highest BCUT2D eigenvalue weighted by Crippen LogP contribution is 2.36. The first-order chi connectivity index (χ1) is 7.22. The zero-order valence-electron chi connectivity index (χ0n) is 9.41. The zero-order valence-corrected chi connectivity index (χ0v) is 9.41. The number of nitrogens with two attached hydrogens (primary N) is 1. The highest BCUT2D eigenvalue weighted by Gasteiger charge is 2.10. The summed E-state index contributed by atoms with van der Waals surface area (Å²) < 4.78 is 10.1. The summed E-state index contributed by atoms with van der Waals surface area (Å²) in [5.74, 6) is 0.977. The lowest BCUT2D eigenvalue weighted by molar-refractivity contribution is -0.626. The van der Waals surface area contributed by atoms with E-state index in [-0.39, 0.29) is 5.75 Å². The molecule has 0 aliphatic heterocycles. The van der Waals surface area contributed by atoms with Crippen LogP contribution >= 0.6 is 0 Å². The Kier molecular flexibility index (Phi) is 4.24. The number of hydrogen-bond donors (Lipinski definition) is 2. The summed E-state index contributed by atoms with van der Waals surface area (Å²) in [6.45, 7) is 0.997. The number of benzene rings is 1. The first-order valence-electron chi connectivity index (χ1n) is 4.94. The van der Waals surface area contributed by atoms with Crippen molar-refractivity contribution < 1.29 is 19.9 Å². The minimum atomic E-state index is 0.0595. The smallest absolute Gasteiger partial charge is 0.200 e. The van der Waals surface area contributed by atoms with Crippen molar-refractivity contribution >= 4 is 0 Å². The van der Waals surface area contributed by atoms with Crippen molar-refractivity contribution in [3.8, 4) is 17.2 Å². The normalized spacial score (nSPS) is 10.1. The Morgan fingerprint density at radius 2 is 1.73 bits per heavy atom. The first-order valence-corrected chi connectivity index (χ1v) is 4.94. The molecule has 0 unspecified atom stereocenters. The second kappa shape index (κ2) is 5.46. The number of quaternary nitrogens is 1. The fourth-order valence-corrected chi connectivity index (χ4v) is 1.40. The first kappa shape index (κ1) is 11.7. The van der Waals surface area contributed by atoms with Crippen LogP contribution in [0.1, 0.15) is 5.56 Å².